The summed E-state index contributed by atoms with van der Waals surface area (Å²) >= 11 is 0. The molecule has 1 amide bonds. The van der Waals surface area contributed by atoms with Crippen molar-refractivity contribution in [3.8, 4) is 0 Å². The van der Waals surface area contributed by atoms with E-state index in [1.165, 1.54) is 0 Å². The molecule has 0 spiro atoms. The van der Waals surface area contributed by atoms with Crippen LogP contribution in [0.2, 0.25) is 0 Å². The molecule has 0 aromatic rings. The van der Waals surface area contributed by atoms with Gasteiger partial charge in [-0.25, -0.2) is 0 Å². The Hall–Kier alpha value is -1.10. The molecule has 1 rings (SSSR count). The number of hydrogen-bond acceptors (Lipinski definition) is 3. The van der Waals surface area contributed by atoms with Gasteiger partial charge in [-0.1, -0.05) is 12.8 Å². The maximum Gasteiger partial charge on any atom is 0.323 e. The van der Waals surface area contributed by atoms with Crippen LogP contribution in [0.3, 0.4) is 0 Å². The van der Waals surface area contributed by atoms with Gasteiger partial charge in [0.25, 0.3) is 0 Å². The van der Waals surface area contributed by atoms with Gasteiger partial charge >= 0.3 is 5.97 Å². The number of carbonyl (C=O) groups excluding carboxylic acids is 1. The number of carboxylic acids is 1. The summed E-state index contributed by atoms with van der Waals surface area (Å²) in [5.74, 6) is -0.982. The molecule has 1 aliphatic rings. The van der Waals surface area contributed by atoms with Gasteiger partial charge in [0.15, 0.2) is 0 Å². The maximum atomic E-state index is 12.0. The van der Waals surface area contributed by atoms with E-state index in [1.54, 1.807) is 4.90 Å². The van der Waals surface area contributed by atoms with Crippen LogP contribution >= 0.6 is 0 Å². The molecule has 18 heavy (non-hydrogen) atoms. The number of hydrogen-bond donors (Lipinski definition) is 1. The van der Waals surface area contributed by atoms with Crippen molar-refractivity contribution in [2.75, 3.05) is 19.8 Å². The Balaban J connectivity index is 2.42. The Labute approximate surface area is 108 Å². The topological polar surface area (TPSA) is 66.8 Å². The average molecular weight is 257 g/mol. The van der Waals surface area contributed by atoms with E-state index in [-0.39, 0.29) is 18.5 Å². The number of carboxylic acid groups (broad SMARTS) is 1. The summed E-state index contributed by atoms with van der Waals surface area (Å²) in [6.07, 6.45) is 5.09. The first-order valence-electron chi connectivity index (χ1n) is 6.74. The molecule has 1 saturated carbocycles. The van der Waals surface area contributed by atoms with Crippen molar-refractivity contribution in [3.05, 3.63) is 0 Å². The third kappa shape index (κ3) is 5.04. The Morgan fingerprint density at radius 1 is 1.33 bits per heavy atom. The highest BCUT2D eigenvalue weighted by molar-refractivity contribution is 5.81. The second kappa shape index (κ2) is 8.08. The van der Waals surface area contributed by atoms with Crippen molar-refractivity contribution >= 4 is 11.9 Å². The molecule has 0 saturated heterocycles. The Bertz CT molecular complexity index is 274. The van der Waals surface area contributed by atoms with Crippen molar-refractivity contribution < 1.29 is 19.4 Å². The largest absolute Gasteiger partial charge is 0.480 e. The van der Waals surface area contributed by atoms with Gasteiger partial charge in [-0.2, -0.15) is 0 Å². The molecule has 1 aliphatic carbocycles. The standard InChI is InChI=1S/C13H23NO4/c1-2-18-9-5-8-12(15)14(10-13(16)17)11-6-3-4-7-11/h11H,2-10H2,1H3,(H,16,17). The summed E-state index contributed by atoms with van der Waals surface area (Å²) in [6.45, 7) is 2.96. The lowest BCUT2D eigenvalue weighted by Gasteiger charge is -2.27. The number of carbonyl (C=O) groups is 2. The second-order valence-electron chi connectivity index (χ2n) is 4.65. The van der Waals surface area contributed by atoms with Crippen LogP contribution in [0.25, 0.3) is 0 Å². The first-order valence-corrected chi connectivity index (χ1v) is 6.74. The molecule has 0 atom stereocenters. The Morgan fingerprint density at radius 3 is 2.56 bits per heavy atom. The molecule has 1 N–H and O–H groups in total. The van der Waals surface area contributed by atoms with Gasteiger partial charge < -0.3 is 14.7 Å². The third-order valence-corrected chi connectivity index (χ3v) is 3.27. The molecular formula is C13H23NO4. The number of nitrogens with zero attached hydrogens (tertiary/aromatic N) is 1. The van der Waals surface area contributed by atoms with Crippen molar-refractivity contribution in [1.29, 1.82) is 0 Å². The minimum atomic E-state index is -0.931. The molecule has 0 unspecified atom stereocenters. The zero-order valence-corrected chi connectivity index (χ0v) is 11.1. The lowest BCUT2D eigenvalue weighted by atomic mass is 10.2. The number of amides is 1. The molecule has 0 radical (unpaired) electrons. The van der Waals surface area contributed by atoms with E-state index in [1.807, 2.05) is 6.92 Å². The summed E-state index contributed by atoms with van der Waals surface area (Å²) in [6, 6.07) is 0.126. The molecule has 5 heteroatoms. The molecule has 0 aromatic carbocycles. The fourth-order valence-corrected chi connectivity index (χ4v) is 2.40. The summed E-state index contributed by atoms with van der Waals surface area (Å²) in [7, 11) is 0. The number of rotatable bonds is 8. The number of aliphatic carboxylic acids is 1. The molecule has 104 valence electrons. The minimum Gasteiger partial charge on any atom is -0.480 e. The van der Waals surface area contributed by atoms with Crippen LogP contribution in [0.1, 0.15) is 45.4 Å². The molecule has 1 fully saturated rings. The van der Waals surface area contributed by atoms with Crippen LogP contribution < -0.4 is 0 Å². The van der Waals surface area contributed by atoms with Gasteiger partial charge in [0.2, 0.25) is 5.91 Å². The van der Waals surface area contributed by atoms with E-state index in [9.17, 15) is 9.59 Å². The lowest BCUT2D eigenvalue weighted by molar-refractivity contribution is -0.146. The first-order chi connectivity index (χ1) is 8.65. The monoisotopic (exact) mass is 257 g/mol. The van der Waals surface area contributed by atoms with E-state index >= 15 is 0 Å². The van der Waals surface area contributed by atoms with E-state index in [0.29, 0.717) is 26.1 Å². The third-order valence-electron chi connectivity index (χ3n) is 3.27. The predicted molar refractivity (Wildman–Crippen MR) is 67.3 cm³/mol. The van der Waals surface area contributed by atoms with Crippen LogP contribution in [-0.4, -0.2) is 47.7 Å². The minimum absolute atomic E-state index is 0.0518. The van der Waals surface area contributed by atoms with E-state index in [2.05, 4.69) is 0 Å². The highest BCUT2D eigenvalue weighted by atomic mass is 16.5. The summed E-state index contributed by atoms with van der Waals surface area (Å²) in [5.41, 5.74) is 0. The average Bonchev–Trinajstić information content (AvgIpc) is 2.84. The van der Waals surface area contributed by atoms with Crippen molar-refractivity contribution in [1.82, 2.24) is 4.90 Å². The van der Waals surface area contributed by atoms with Gasteiger partial charge in [-0.3, -0.25) is 9.59 Å². The Morgan fingerprint density at radius 2 is 2.00 bits per heavy atom. The van der Waals surface area contributed by atoms with Crippen LogP contribution in [0.4, 0.5) is 0 Å². The normalized spacial score (nSPS) is 15.8. The van der Waals surface area contributed by atoms with Crippen molar-refractivity contribution in [2.45, 2.75) is 51.5 Å². The van der Waals surface area contributed by atoms with Crippen LogP contribution in [0, 0.1) is 0 Å². The molecule has 0 bridgehead atoms. The predicted octanol–water partition coefficient (Wildman–Crippen LogP) is 1.66. The summed E-state index contributed by atoms with van der Waals surface area (Å²) in [5, 5.41) is 8.88. The first kappa shape index (κ1) is 15.0. The van der Waals surface area contributed by atoms with E-state index < -0.39 is 5.97 Å². The maximum absolute atomic E-state index is 12.0. The van der Waals surface area contributed by atoms with Crippen LogP contribution in [0.15, 0.2) is 0 Å². The summed E-state index contributed by atoms with van der Waals surface area (Å²) < 4.78 is 5.18. The van der Waals surface area contributed by atoms with Gasteiger partial charge in [0, 0.05) is 25.7 Å². The Kier molecular flexibility index (Phi) is 6.72. The van der Waals surface area contributed by atoms with Crippen LogP contribution in [-0.2, 0) is 14.3 Å². The van der Waals surface area contributed by atoms with Gasteiger partial charge in [-0.15, -0.1) is 0 Å². The lowest BCUT2D eigenvalue weighted by Crippen LogP contribution is -2.42. The smallest absolute Gasteiger partial charge is 0.323 e. The zero-order valence-electron chi connectivity index (χ0n) is 11.1. The number of ether oxygens (including phenoxy) is 1. The second-order valence-corrected chi connectivity index (χ2v) is 4.65. The highest BCUT2D eigenvalue weighted by Gasteiger charge is 2.27. The zero-order chi connectivity index (χ0) is 13.4. The van der Waals surface area contributed by atoms with Gasteiger partial charge in [0.1, 0.15) is 6.54 Å². The highest BCUT2D eigenvalue weighted by Crippen LogP contribution is 2.24. The van der Waals surface area contributed by atoms with E-state index in [4.69, 9.17) is 9.84 Å². The SMILES string of the molecule is CCOCCCC(=O)N(CC(=O)O)C1CCCC1. The summed E-state index contributed by atoms with van der Waals surface area (Å²) in [4.78, 5) is 24.4. The van der Waals surface area contributed by atoms with Gasteiger partial charge in [-0.05, 0) is 26.2 Å². The fourth-order valence-electron chi connectivity index (χ4n) is 2.40. The van der Waals surface area contributed by atoms with E-state index in [0.717, 1.165) is 25.7 Å². The molecular weight excluding hydrogens is 234 g/mol. The molecule has 0 aromatic heterocycles. The molecule has 0 heterocycles. The van der Waals surface area contributed by atoms with Gasteiger partial charge in [0.05, 0.1) is 0 Å². The van der Waals surface area contributed by atoms with Crippen molar-refractivity contribution in [2.24, 2.45) is 0 Å². The molecule has 5 nitrogen and oxygen atoms in total. The quantitative estimate of drug-likeness (QED) is 0.671. The van der Waals surface area contributed by atoms with Crippen molar-refractivity contribution in [3.63, 3.8) is 0 Å². The van der Waals surface area contributed by atoms with Crippen LogP contribution in [0.5, 0.6) is 0 Å². The fraction of sp³-hybridized carbons (Fsp3) is 0.846. The molecule has 0 aliphatic heterocycles.